The largest absolute Gasteiger partial charge is 0.392 e. The van der Waals surface area contributed by atoms with E-state index in [1.54, 1.807) is 49.1 Å². The number of hydrogen-bond donors (Lipinski definition) is 2. The van der Waals surface area contributed by atoms with Crippen molar-refractivity contribution in [2.75, 3.05) is 31.3 Å². The molecule has 0 saturated carbocycles. The molecule has 0 fully saturated rings. The van der Waals surface area contributed by atoms with E-state index in [1.165, 1.54) is 24.5 Å². The predicted octanol–water partition coefficient (Wildman–Crippen LogP) is 5.09. The molecule has 252 valence electrons. The zero-order chi connectivity index (χ0) is 35.4. The molecule has 0 bridgehead atoms. The Hall–Kier alpha value is -6.53. The number of benzene rings is 2. The summed E-state index contributed by atoms with van der Waals surface area (Å²) in [5.74, 6) is 5.76. The van der Waals surface area contributed by atoms with E-state index in [4.69, 9.17) is 0 Å². The van der Waals surface area contributed by atoms with Crippen molar-refractivity contribution in [3.63, 3.8) is 0 Å². The molecule has 0 atom stereocenters. The fraction of sp³-hybridized carbons (Fsp3) is 0.200. The van der Waals surface area contributed by atoms with Gasteiger partial charge < -0.3 is 25.2 Å². The summed E-state index contributed by atoms with van der Waals surface area (Å²) in [5.41, 5.74) is 3.49. The summed E-state index contributed by atoms with van der Waals surface area (Å²) >= 11 is 0. The third kappa shape index (κ3) is 7.45. The Balaban J connectivity index is 1.13. The number of hydrogen-bond acceptors (Lipinski definition) is 9. The Bertz CT molecular complexity index is 2350. The third-order valence-corrected chi connectivity index (χ3v) is 7.95. The normalized spacial score (nSPS) is 11.5. The molecule has 2 N–H and O–H groups in total. The molecule has 6 aromatic rings. The summed E-state index contributed by atoms with van der Waals surface area (Å²) in [7, 11) is 5.51. The lowest BCUT2D eigenvalue weighted by molar-refractivity contribution is -0.898. The topological polar surface area (TPSA) is 159 Å². The minimum Gasteiger partial charge on any atom is -0.358 e. The fourth-order valence-corrected chi connectivity index (χ4v) is 5.51. The number of anilines is 3. The molecule has 14 nitrogen and oxygen atoms in total. The van der Waals surface area contributed by atoms with E-state index in [0.717, 1.165) is 22.2 Å². The molecule has 0 aliphatic rings. The average Bonchev–Trinajstić information content (AvgIpc) is 3.60. The maximum Gasteiger partial charge on any atom is 0.392 e. The van der Waals surface area contributed by atoms with Gasteiger partial charge in [0.05, 0.1) is 50.6 Å². The van der Waals surface area contributed by atoms with Gasteiger partial charge in [0.1, 0.15) is 30.3 Å². The van der Waals surface area contributed by atoms with Crippen LogP contribution in [0.3, 0.4) is 0 Å². The monoisotopic (exact) mass is 674 g/mol. The SMILES string of the molecule is CC#Cc1nc([N+](=O)[O-])c(C[N+](C)(C)C/C=C/C(=O)Nc2cc3c(Nc4ccc5c(cnn5Cc5cccc(F)c5)c4)ncnc3cn2)n1C. The number of quaternary nitrogens is 1. The number of nitrogens with zero attached hydrogens (tertiary/aromatic N) is 9. The van der Waals surface area contributed by atoms with E-state index in [2.05, 4.69) is 47.5 Å². The Morgan fingerprint density at radius 3 is 2.74 bits per heavy atom. The molecule has 0 saturated heterocycles. The Labute approximate surface area is 286 Å². The van der Waals surface area contributed by atoms with Crippen LogP contribution >= 0.6 is 0 Å². The molecule has 0 aliphatic carbocycles. The molecule has 1 amide bonds. The summed E-state index contributed by atoms with van der Waals surface area (Å²) in [6, 6.07) is 13.9. The highest BCUT2D eigenvalue weighted by Crippen LogP contribution is 2.27. The van der Waals surface area contributed by atoms with Crippen LogP contribution in [0.2, 0.25) is 0 Å². The third-order valence-electron chi connectivity index (χ3n) is 7.95. The van der Waals surface area contributed by atoms with Gasteiger partial charge in [-0.25, -0.2) is 19.3 Å². The van der Waals surface area contributed by atoms with Gasteiger partial charge in [-0.1, -0.05) is 18.1 Å². The first-order valence-electron chi connectivity index (χ1n) is 15.5. The summed E-state index contributed by atoms with van der Waals surface area (Å²) in [6.07, 6.45) is 7.85. The van der Waals surface area contributed by atoms with Crippen molar-refractivity contribution in [3.05, 3.63) is 112 Å². The van der Waals surface area contributed by atoms with E-state index in [1.807, 2.05) is 43.0 Å². The second-order valence-electron chi connectivity index (χ2n) is 12.2. The molecule has 2 aromatic carbocycles. The zero-order valence-corrected chi connectivity index (χ0v) is 27.8. The van der Waals surface area contributed by atoms with E-state index < -0.39 is 10.8 Å². The molecule has 6 rings (SSSR count). The van der Waals surface area contributed by atoms with Crippen LogP contribution in [-0.4, -0.2) is 70.2 Å². The number of aromatic nitrogens is 7. The molecule has 0 aliphatic heterocycles. The molecule has 4 heterocycles. The second kappa shape index (κ2) is 13.9. The number of carbonyl (C=O) groups is 1. The maximum atomic E-state index is 13.7. The Morgan fingerprint density at radius 1 is 1.12 bits per heavy atom. The summed E-state index contributed by atoms with van der Waals surface area (Å²) in [4.78, 5) is 41.1. The fourth-order valence-electron chi connectivity index (χ4n) is 5.51. The van der Waals surface area contributed by atoms with Gasteiger partial charge in [-0.15, -0.1) is 0 Å². The quantitative estimate of drug-likeness (QED) is 0.0628. The number of nitrogens with one attached hydrogen (secondary N) is 2. The number of amides is 1. The molecular formula is C35H33FN11O3+. The Kier molecular flexibility index (Phi) is 9.28. The summed E-state index contributed by atoms with van der Waals surface area (Å²) in [5, 5.41) is 23.8. The maximum absolute atomic E-state index is 13.7. The van der Waals surface area contributed by atoms with Gasteiger partial charge in [0.2, 0.25) is 5.91 Å². The predicted molar refractivity (Wildman–Crippen MR) is 187 cm³/mol. The number of nitro groups is 1. The number of carbonyl (C=O) groups excluding carboxylic acids is 1. The number of fused-ring (bicyclic) bond motifs is 2. The van der Waals surface area contributed by atoms with Crippen LogP contribution in [0.5, 0.6) is 0 Å². The first-order chi connectivity index (χ1) is 24.0. The van der Waals surface area contributed by atoms with Gasteiger partial charge in [0.15, 0.2) is 5.69 Å². The van der Waals surface area contributed by atoms with Crippen LogP contribution in [0, 0.1) is 27.8 Å². The molecule has 0 spiro atoms. The number of rotatable bonds is 11. The van der Waals surface area contributed by atoms with Crippen molar-refractivity contribution in [3.8, 4) is 11.8 Å². The summed E-state index contributed by atoms with van der Waals surface area (Å²) < 4.78 is 17.4. The van der Waals surface area contributed by atoms with Crippen LogP contribution in [0.15, 0.2) is 79.4 Å². The van der Waals surface area contributed by atoms with Crippen LogP contribution in [0.25, 0.3) is 21.8 Å². The highest BCUT2D eigenvalue weighted by molar-refractivity contribution is 6.00. The molecule has 0 unspecified atom stereocenters. The van der Waals surface area contributed by atoms with E-state index in [0.29, 0.717) is 58.2 Å². The average molecular weight is 675 g/mol. The smallest absolute Gasteiger partial charge is 0.358 e. The minimum atomic E-state index is -0.506. The molecular weight excluding hydrogens is 641 g/mol. The zero-order valence-electron chi connectivity index (χ0n) is 27.8. The van der Waals surface area contributed by atoms with E-state index in [-0.39, 0.29) is 11.6 Å². The minimum absolute atomic E-state index is 0.229. The lowest BCUT2D eigenvalue weighted by atomic mass is 10.2. The van der Waals surface area contributed by atoms with Crippen molar-refractivity contribution in [1.29, 1.82) is 0 Å². The van der Waals surface area contributed by atoms with E-state index in [9.17, 15) is 19.3 Å². The van der Waals surface area contributed by atoms with Gasteiger partial charge in [-0.3, -0.25) is 14.0 Å². The van der Waals surface area contributed by atoms with Gasteiger partial charge in [-0.2, -0.15) is 5.10 Å². The highest BCUT2D eigenvalue weighted by atomic mass is 19.1. The van der Waals surface area contributed by atoms with Crippen LogP contribution in [0.4, 0.5) is 27.5 Å². The van der Waals surface area contributed by atoms with Crippen molar-refractivity contribution in [2.24, 2.45) is 7.05 Å². The number of halogens is 1. The lowest BCUT2D eigenvalue weighted by Crippen LogP contribution is -2.39. The van der Waals surface area contributed by atoms with E-state index >= 15 is 0 Å². The molecule has 50 heavy (non-hydrogen) atoms. The van der Waals surface area contributed by atoms with Gasteiger partial charge >= 0.3 is 5.82 Å². The number of pyridine rings is 1. The van der Waals surface area contributed by atoms with Crippen molar-refractivity contribution in [2.45, 2.75) is 20.0 Å². The Morgan fingerprint density at radius 2 is 1.96 bits per heavy atom. The standard InChI is InChI=1S/C35H32FN11O3/c1-5-8-32-43-35(46(49)50)30(44(32)2)21-47(3,4)14-7-11-33(48)42-31-17-27-28(19-37-31)38-22-39-34(27)41-26-12-13-29-24(16-26)18-40-45(29)20-23-9-6-10-25(36)15-23/h6-7,9-13,15-19,22H,14,20-21H2,1-4H3,(H-,37,38,39,41,42,48)/p+1/b11-7+. The number of imidazole rings is 1. The van der Waals surface area contributed by atoms with Gasteiger partial charge in [0, 0.05) is 29.6 Å². The molecule has 15 heteroatoms. The second-order valence-corrected chi connectivity index (χ2v) is 12.2. The van der Waals surface area contributed by atoms with Crippen LogP contribution < -0.4 is 10.6 Å². The van der Waals surface area contributed by atoms with Crippen LogP contribution in [0.1, 0.15) is 24.0 Å². The van der Waals surface area contributed by atoms with Crippen LogP contribution in [-0.2, 0) is 24.9 Å². The van der Waals surface area contributed by atoms with Crippen molar-refractivity contribution in [1.82, 2.24) is 34.3 Å². The molecule has 4 aromatic heterocycles. The molecule has 0 radical (unpaired) electrons. The highest BCUT2D eigenvalue weighted by Gasteiger charge is 2.30. The van der Waals surface area contributed by atoms with Crippen molar-refractivity contribution < 1.29 is 18.6 Å². The summed E-state index contributed by atoms with van der Waals surface area (Å²) in [6.45, 7) is 2.78. The first-order valence-corrected chi connectivity index (χ1v) is 15.5. The first kappa shape index (κ1) is 33.4. The number of likely N-dealkylation sites (N-methyl/N-ethyl adjacent to an activating group) is 1. The lowest BCUT2D eigenvalue weighted by Gasteiger charge is -2.28. The van der Waals surface area contributed by atoms with Crippen molar-refractivity contribution >= 4 is 50.9 Å². The van der Waals surface area contributed by atoms with Gasteiger partial charge in [-0.05, 0) is 70.8 Å². The van der Waals surface area contributed by atoms with Gasteiger partial charge in [0.25, 0.3) is 5.82 Å².